The summed E-state index contributed by atoms with van der Waals surface area (Å²) in [4.78, 5) is 23.8. The van der Waals surface area contributed by atoms with Crippen LogP contribution in [0.1, 0.15) is 23.7 Å². The summed E-state index contributed by atoms with van der Waals surface area (Å²) >= 11 is 0. The molecule has 1 unspecified atom stereocenters. The van der Waals surface area contributed by atoms with E-state index in [2.05, 4.69) is 0 Å². The first-order valence-electron chi connectivity index (χ1n) is 5.89. The Morgan fingerprint density at radius 2 is 2.25 bits per heavy atom. The number of carbonyl (C=O) groups is 1. The Hall–Kier alpha value is -2.62. The summed E-state index contributed by atoms with van der Waals surface area (Å²) in [6.07, 6.45) is 0.215. The predicted molar refractivity (Wildman–Crippen MR) is 71.4 cm³/mol. The minimum Gasteiger partial charge on any atom is -0.490 e. The van der Waals surface area contributed by atoms with Crippen LogP contribution in [-0.4, -0.2) is 35.9 Å². The molecule has 0 spiro atoms. The molecule has 0 N–H and O–H groups in total. The van der Waals surface area contributed by atoms with Crippen molar-refractivity contribution < 1.29 is 14.5 Å². The van der Waals surface area contributed by atoms with Crippen LogP contribution < -0.4 is 4.74 Å². The Bertz CT molecular complexity index is 565. The number of benzene rings is 1. The molecule has 0 aromatic heterocycles. The molecule has 1 rings (SSSR count). The van der Waals surface area contributed by atoms with Crippen molar-refractivity contribution in [2.75, 3.05) is 14.2 Å². The fourth-order valence-electron chi connectivity index (χ4n) is 1.63. The molecule has 0 heterocycles. The highest BCUT2D eigenvalue weighted by molar-refractivity contribution is 5.95. The second-order valence-electron chi connectivity index (χ2n) is 4.27. The number of nitrogens with zero attached hydrogens (tertiary/aromatic N) is 3. The maximum Gasteiger partial charge on any atom is 0.310 e. The fraction of sp³-hybridized carbons (Fsp3) is 0.385. The molecule has 1 aromatic carbocycles. The normalized spacial score (nSPS) is 11.3. The van der Waals surface area contributed by atoms with Crippen LogP contribution in [-0.2, 0) is 0 Å². The highest BCUT2D eigenvalue weighted by atomic mass is 16.6. The van der Waals surface area contributed by atoms with Gasteiger partial charge in [0.1, 0.15) is 0 Å². The lowest BCUT2D eigenvalue weighted by Crippen LogP contribution is -2.34. The molecule has 7 nitrogen and oxygen atoms in total. The van der Waals surface area contributed by atoms with Gasteiger partial charge in [0.25, 0.3) is 5.91 Å². The lowest BCUT2D eigenvalue weighted by Gasteiger charge is -2.23. The molecule has 0 bridgehead atoms. The molecule has 0 fully saturated rings. The van der Waals surface area contributed by atoms with Crippen LogP contribution >= 0.6 is 0 Å². The number of nitro benzene ring substituents is 1. The van der Waals surface area contributed by atoms with Gasteiger partial charge in [0.15, 0.2) is 5.75 Å². The van der Waals surface area contributed by atoms with Crippen molar-refractivity contribution in [2.45, 2.75) is 19.4 Å². The van der Waals surface area contributed by atoms with Crippen molar-refractivity contribution in [3.05, 3.63) is 33.9 Å². The molecule has 1 amide bonds. The number of ether oxygens (including phenoxy) is 1. The van der Waals surface area contributed by atoms with Gasteiger partial charge in [-0.15, -0.1) is 0 Å². The van der Waals surface area contributed by atoms with E-state index in [1.807, 2.05) is 6.07 Å². The Labute approximate surface area is 116 Å². The minimum atomic E-state index is -0.574. The van der Waals surface area contributed by atoms with Crippen molar-refractivity contribution in [2.24, 2.45) is 0 Å². The number of nitro groups is 1. The number of nitriles is 1. The molecule has 106 valence electrons. The largest absolute Gasteiger partial charge is 0.490 e. The second-order valence-corrected chi connectivity index (χ2v) is 4.27. The number of methoxy groups -OCH3 is 1. The Morgan fingerprint density at radius 3 is 2.75 bits per heavy atom. The van der Waals surface area contributed by atoms with Crippen LogP contribution in [0.5, 0.6) is 5.75 Å². The highest BCUT2D eigenvalue weighted by Gasteiger charge is 2.21. The van der Waals surface area contributed by atoms with Crippen LogP contribution in [0.15, 0.2) is 18.2 Å². The maximum absolute atomic E-state index is 12.2. The van der Waals surface area contributed by atoms with Crippen LogP contribution in [0.2, 0.25) is 0 Å². The van der Waals surface area contributed by atoms with Gasteiger partial charge in [0.05, 0.1) is 24.5 Å². The van der Waals surface area contributed by atoms with E-state index >= 15 is 0 Å². The van der Waals surface area contributed by atoms with E-state index in [0.717, 1.165) is 0 Å². The Morgan fingerprint density at radius 1 is 1.60 bits per heavy atom. The van der Waals surface area contributed by atoms with Gasteiger partial charge >= 0.3 is 5.69 Å². The summed E-state index contributed by atoms with van der Waals surface area (Å²) in [6.45, 7) is 1.75. The van der Waals surface area contributed by atoms with E-state index in [0.29, 0.717) is 0 Å². The van der Waals surface area contributed by atoms with E-state index in [9.17, 15) is 14.9 Å². The molecular weight excluding hydrogens is 262 g/mol. The summed E-state index contributed by atoms with van der Waals surface area (Å²) < 4.78 is 4.92. The van der Waals surface area contributed by atoms with Crippen LogP contribution in [0, 0.1) is 21.4 Å². The van der Waals surface area contributed by atoms with E-state index in [4.69, 9.17) is 10.00 Å². The van der Waals surface area contributed by atoms with Gasteiger partial charge in [-0.25, -0.2) is 0 Å². The lowest BCUT2D eigenvalue weighted by molar-refractivity contribution is -0.385. The smallest absolute Gasteiger partial charge is 0.310 e. The zero-order valence-corrected chi connectivity index (χ0v) is 11.5. The van der Waals surface area contributed by atoms with Gasteiger partial charge in [-0.05, 0) is 13.0 Å². The molecule has 1 aromatic rings. The first-order valence-corrected chi connectivity index (χ1v) is 5.89. The summed E-state index contributed by atoms with van der Waals surface area (Å²) in [5.74, 6) is -0.289. The SMILES string of the molecule is COc1cc(C(=O)N(C)C(C)CC#N)ccc1[N+](=O)[O-]. The molecule has 0 aliphatic carbocycles. The van der Waals surface area contributed by atoms with Crippen molar-refractivity contribution in [1.29, 1.82) is 5.26 Å². The number of amides is 1. The monoisotopic (exact) mass is 277 g/mol. The minimum absolute atomic E-state index is 0.0298. The molecule has 20 heavy (non-hydrogen) atoms. The summed E-state index contributed by atoms with van der Waals surface area (Å²) in [6, 6.07) is 5.69. The summed E-state index contributed by atoms with van der Waals surface area (Å²) in [5, 5.41) is 19.4. The van der Waals surface area contributed by atoms with Crippen molar-refractivity contribution in [1.82, 2.24) is 4.90 Å². The molecule has 0 saturated heterocycles. The molecule has 1 atom stereocenters. The van der Waals surface area contributed by atoms with Crippen molar-refractivity contribution in [3.8, 4) is 11.8 Å². The molecule has 0 aliphatic rings. The topological polar surface area (TPSA) is 96.5 Å². The van der Waals surface area contributed by atoms with Gasteiger partial charge in [0, 0.05) is 30.8 Å². The van der Waals surface area contributed by atoms with E-state index in [-0.39, 0.29) is 35.4 Å². The second kappa shape index (κ2) is 6.52. The molecule has 0 aliphatic heterocycles. The third-order valence-corrected chi connectivity index (χ3v) is 2.99. The summed E-state index contributed by atoms with van der Waals surface area (Å²) in [7, 11) is 2.89. The average molecular weight is 277 g/mol. The van der Waals surface area contributed by atoms with Crippen molar-refractivity contribution in [3.63, 3.8) is 0 Å². The van der Waals surface area contributed by atoms with E-state index in [1.54, 1.807) is 14.0 Å². The quantitative estimate of drug-likeness (QED) is 0.605. The van der Waals surface area contributed by atoms with Crippen LogP contribution in [0.4, 0.5) is 5.69 Å². The van der Waals surface area contributed by atoms with Crippen LogP contribution in [0.25, 0.3) is 0 Å². The van der Waals surface area contributed by atoms with Crippen molar-refractivity contribution >= 4 is 11.6 Å². The van der Waals surface area contributed by atoms with E-state index in [1.165, 1.54) is 30.2 Å². The molecule has 0 radical (unpaired) electrons. The van der Waals surface area contributed by atoms with Gasteiger partial charge < -0.3 is 9.64 Å². The maximum atomic E-state index is 12.2. The molecule has 0 saturated carbocycles. The Kier molecular flexibility index (Phi) is 5.03. The number of hydrogen-bond acceptors (Lipinski definition) is 5. The highest BCUT2D eigenvalue weighted by Crippen LogP contribution is 2.28. The summed E-state index contributed by atoms with van der Waals surface area (Å²) in [5.41, 5.74) is 0.0801. The average Bonchev–Trinajstić information content (AvgIpc) is 2.44. The first-order chi connectivity index (χ1) is 9.42. The number of carbonyl (C=O) groups excluding carboxylic acids is 1. The van der Waals surface area contributed by atoms with Gasteiger partial charge in [-0.2, -0.15) is 5.26 Å². The molecular formula is C13H15N3O4. The number of hydrogen-bond donors (Lipinski definition) is 0. The number of rotatable bonds is 5. The zero-order valence-electron chi connectivity index (χ0n) is 11.5. The molecule has 7 heteroatoms. The zero-order chi connectivity index (χ0) is 15.3. The first kappa shape index (κ1) is 15.4. The third-order valence-electron chi connectivity index (χ3n) is 2.99. The predicted octanol–water partition coefficient (Wildman–Crippen LogP) is 1.98. The Balaban J connectivity index is 3.06. The van der Waals surface area contributed by atoms with Gasteiger partial charge in [-0.3, -0.25) is 14.9 Å². The van der Waals surface area contributed by atoms with Gasteiger partial charge in [-0.1, -0.05) is 0 Å². The van der Waals surface area contributed by atoms with Crippen LogP contribution in [0.3, 0.4) is 0 Å². The van der Waals surface area contributed by atoms with E-state index < -0.39 is 4.92 Å². The standard InChI is InChI=1S/C13H15N3O4/c1-9(6-7-14)15(2)13(17)10-4-5-11(16(18)19)12(8-10)20-3/h4-5,8-9H,6H2,1-3H3. The fourth-order valence-corrected chi connectivity index (χ4v) is 1.63. The van der Waals surface area contributed by atoms with Gasteiger partial charge in [0.2, 0.25) is 0 Å². The third kappa shape index (κ3) is 3.23. The lowest BCUT2D eigenvalue weighted by atomic mass is 10.1.